The van der Waals surface area contributed by atoms with Gasteiger partial charge in [-0.15, -0.1) is 0 Å². The highest BCUT2D eigenvalue weighted by atomic mass is 32.2. The van der Waals surface area contributed by atoms with Gasteiger partial charge in [-0.05, 0) is 25.0 Å². The molecule has 1 fully saturated rings. The van der Waals surface area contributed by atoms with Gasteiger partial charge in [0.1, 0.15) is 0 Å². The zero-order chi connectivity index (χ0) is 7.94. The molecule has 0 bridgehead atoms. The maximum absolute atomic E-state index is 8.54. The van der Waals surface area contributed by atoms with Crippen molar-refractivity contribution in [3.63, 3.8) is 0 Å². The molecule has 1 saturated heterocycles. The molecule has 1 aliphatic heterocycles. The van der Waals surface area contributed by atoms with E-state index in [1.165, 1.54) is 25.0 Å². The lowest BCUT2D eigenvalue weighted by Crippen LogP contribution is -2.05. The zero-order valence-electron chi connectivity index (χ0n) is 6.83. The van der Waals surface area contributed by atoms with Crippen LogP contribution < -0.4 is 0 Å². The first-order valence-corrected chi connectivity index (χ1v) is 5.37. The predicted octanol–water partition coefficient (Wildman–Crippen LogP) is 2.21. The highest BCUT2D eigenvalue weighted by molar-refractivity contribution is 8.00. The van der Waals surface area contributed by atoms with Crippen LogP contribution in [-0.4, -0.2) is 22.7 Å². The highest BCUT2D eigenvalue weighted by Gasteiger charge is 2.09. The molecular weight excluding hydrogens is 156 g/mol. The average Bonchev–Trinajstić information content (AvgIpc) is 2.07. The highest BCUT2D eigenvalue weighted by Crippen LogP contribution is 2.25. The van der Waals surface area contributed by atoms with Crippen molar-refractivity contribution < 1.29 is 5.11 Å². The van der Waals surface area contributed by atoms with Crippen LogP contribution >= 0.6 is 11.8 Å². The van der Waals surface area contributed by atoms with Crippen LogP contribution in [0.25, 0.3) is 0 Å². The second-order valence-electron chi connectivity index (χ2n) is 2.85. The maximum atomic E-state index is 8.54. The predicted molar refractivity (Wildman–Crippen MR) is 50.9 cm³/mol. The smallest absolute Gasteiger partial charge is 0.0465 e. The van der Waals surface area contributed by atoms with Crippen LogP contribution in [0.1, 0.15) is 25.7 Å². The lowest BCUT2D eigenvalue weighted by Gasteiger charge is -2.17. The summed E-state index contributed by atoms with van der Waals surface area (Å²) in [4.78, 5) is 0. The monoisotopic (exact) mass is 172 g/mol. The van der Waals surface area contributed by atoms with Crippen molar-refractivity contribution in [2.24, 2.45) is 0 Å². The Hall–Kier alpha value is 0.0500. The molecular formula is C9H16OS. The molecule has 1 N–H and O–H groups in total. The Morgan fingerprint density at radius 2 is 2.36 bits per heavy atom. The minimum Gasteiger partial charge on any atom is -0.396 e. The van der Waals surface area contributed by atoms with E-state index < -0.39 is 0 Å². The normalized spacial score (nSPS) is 26.1. The van der Waals surface area contributed by atoms with Crippen molar-refractivity contribution in [1.82, 2.24) is 0 Å². The van der Waals surface area contributed by atoms with Gasteiger partial charge in [0.05, 0.1) is 0 Å². The molecule has 1 aliphatic rings. The molecule has 0 aromatic carbocycles. The van der Waals surface area contributed by atoms with Crippen molar-refractivity contribution in [2.75, 3.05) is 12.4 Å². The second-order valence-corrected chi connectivity index (χ2v) is 4.19. The van der Waals surface area contributed by atoms with Crippen LogP contribution in [0.4, 0.5) is 0 Å². The molecule has 1 atom stereocenters. The van der Waals surface area contributed by atoms with Crippen molar-refractivity contribution in [1.29, 1.82) is 0 Å². The molecule has 0 radical (unpaired) electrons. The minimum atomic E-state index is 0.286. The van der Waals surface area contributed by atoms with Crippen molar-refractivity contribution >= 4 is 11.8 Å². The number of hydrogen-bond acceptors (Lipinski definition) is 2. The first kappa shape index (κ1) is 9.14. The number of aliphatic hydroxyl groups excluding tert-OH is 1. The molecule has 11 heavy (non-hydrogen) atoms. The van der Waals surface area contributed by atoms with Gasteiger partial charge < -0.3 is 5.11 Å². The van der Waals surface area contributed by atoms with Gasteiger partial charge in [0.2, 0.25) is 0 Å². The summed E-state index contributed by atoms with van der Waals surface area (Å²) in [7, 11) is 0. The largest absolute Gasteiger partial charge is 0.396 e. The number of aliphatic hydroxyl groups is 1. The SMILES string of the molecule is OCC/C=C\C1CCCCS1. The van der Waals surface area contributed by atoms with Gasteiger partial charge in [0, 0.05) is 11.9 Å². The van der Waals surface area contributed by atoms with Crippen molar-refractivity contribution in [2.45, 2.75) is 30.9 Å². The number of rotatable bonds is 3. The maximum Gasteiger partial charge on any atom is 0.0465 e. The summed E-state index contributed by atoms with van der Waals surface area (Å²) < 4.78 is 0. The fourth-order valence-electron chi connectivity index (χ4n) is 1.24. The summed E-state index contributed by atoms with van der Waals surface area (Å²) in [6, 6.07) is 0. The fourth-order valence-corrected chi connectivity index (χ4v) is 2.47. The van der Waals surface area contributed by atoms with Gasteiger partial charge in [0.25, 0.3) is 0 Å². The van der Waals surface area contributed by atoms with E-state index in [-0.39, 0.29) is 6.61 Å². The van der Waals surface area contributed by atoms with Crippen molar-refractivity contribution in [3.8, 4) is 0 Å². The molecule has 0 aromatic heterocycles. The Kier molecular flexibility index (Phi) is 4.71. The average molecular weight is 172 g/mol. The van der Waals surface area contributed by atoms with E-state index in [0.29, 0.717) is 0 Å². The molecule has 2 heteroatoms. The van der Waals surface area contributed by atoms with Crippen LogP contribution in [0.3, 0.4) is 0 Å². The summed E-state index contributed by atoms with van der Waals surface area (Å²) in [6.45, 7) is 0.286. The quantitative estimate of drug-likeness (QED) is 0.659. The first-order valence-electron chi connectivity index (χ1n) is 4.32. The Labute approximate surface area is 72.9 Å². The standard InChI is InChI=1S/C9H16OS/c10-7-3-1-5-9-6-2-4-8-11-9/h1,5,9-10H,2-4,6-8H2/b5-1-. The van der Waals surface area contributed by atoms with E-state index in [9.17, 15) is 0 Å². The minimum absolute atomic E-state index is 0.286. The van der Waals surface area contributed by atoms with E-state index in [0.717, 1.165) is 11.7 Å². The molecule has 0 aliphatic carbocycles. The molecule has 1 heterocycles. The van der Waals surface area contributed by atoms with E-state index in [4.69, 9.17) is 5.11 Å². The van der Waals surface area contributed by atoms with Crippen LogP contribution in [0, 0.1) is 0 Å². The molecule has 0 amide bonds. The Balaban J connectivity index is 2.13. The lowest BCUT2D eigenvalue weighted by molar-refractivity contribution is 0.302. The van der Waals surface area contributed by atoms with Crippen LogP contribution in [0.2, 0.25) is 0 Å². The zero-order valence-corrected chi connectivity index (χ0v) is 7.65. The van der Waals surface area contributed by atoms with Gasteiger partial charge in [0.15, 0.2) is 0 Å². The topological polar surface area (TPSA) is 20.2 Å². The summed E-state index contributed by atoms with van der Waals surface area (Å²) in [5, 5.41) is 9.27. The van der Waals surface area contributed by atoms with Gasteiger partial charge in [-0.25, -0.2) is 0 Å². The van der Waals surface area contributed by atoms with E-state index in [2.05, 4.69) is 12.2 Å². The van der Waals surface area contributed by atoms with Crippen LogP contribution in [0.15, 0.2) is 12.2 Å². The molecule has 0 aromatic rings. The molecule has 0 saturated carbocycles. The Morgan fingerprint density at radius 1 is 1.45 bits per heavy atom. The van der Waals surface area contributed by atoms with E-state index >= 15 is 0 Å². The van der Waals surface area contributed by atoms with Gasteiger partial charge in [-0.2, -0.15) is 11.8 Å². The summed E-state index contributed by atoms with van der Waals surface area (Å²) >= 11 is 2.05. The van der Waals surface area contributed by atoms with Crippen LogP contribution in [0.5, 0.6) is 0 Å². The van der Waals surface area contributed by atoms with Gasteiger partial charge >= 0.3 is 0 Å². The van der Waals surface area contributed by atoms with Gasteiger partial charge in [-0.1, -0.05) is 18.6 Å². The molecule has 0 spiro atoms. The number of thioether (sulfide) groups is 1. The summed E-state index contributed by atoms with van der Waals surface area (Å²) in [6.07, 6.45) is 9.25. The first-order chi connectivity index (χ1) is 5.43. The molecule has 64 valence electrons. The molecule has 1 nitrogen and oxygen atoms in total. The Morgan fingerprint density at radius 3 is 3.00 bits per heavy atom. The van der Waals surface area contributed by atoms with Crippen LogP contribution in [-0.2, 0) is 0 Å². The Bertz CT molecular complexity index is 117. The van der Waals surface area contributed by atoms with E-state index in [1.54, 1.807) is 0 Å². The van der Waals surface area contributed by atoms with Crippen molar-refractivity contribution in [3.05, 3.63) is 12.2 Å². The molecule has 1 rings (SSSR count). The second kappa shape index (κ2) is 5.67. The number of hydrogen-bond donors (Lipinski definition) is 1. The fraction of sp³-hybridized carbons (Fsp3) is 0.778. The summed E-state index contributed by atoms with van der Waals surface area (Å²) in [5.74, 6) is 1.31. The third-order valence-electron chi connectivity index (χ3n) is 1.86. The van der Waals surface area contributed by atoms with Gasteiger partial charge in [-0.3, -0.25) is 0 Å². The lowest BCUT2D eigenvalue weighted by atomic mass is 10.2. The van der Waals surface area contributed by atoms with E-state index in [1.807, 2.05) is 11.8 Å². The third kappa shape index (κ3) is 3.82. The third-order valence-corrected chi connectivity index (χ3v) is 3.21. The summed E-state index contributed by atoms with van der Waals surface area (Å²) in [5.41, 5.74) is 0. The molecule has 1 unspecified atom stereocenters.